The highest BCUT2D eigenvalue weighted by Crippen LogP contribution is 2.29. The summed E-state index contributed by atoms with van der Waals surface area (Å²) in [6, 6.07) is 16.0. The molecule has 0 fully saturated rings. The number of aryl methyl sites for hydroxylation is 1. The van der Waals surface area contributed by atoms with Crippen molar-refractivity contribution < 1.29 is 9.59 Å². The third-order valence-corrected chi connectivity index (χ3v) is 5.63. The van der Waals surface area contributed by atoms with E-state index in [1.807, 2.05) is 53.9 Å². The van der Waals surface area contributed by atoms with Gasteiger partial charge in [-0.2, -0.15) is 0 Å². The summed E-state index contributed by atoms with van der Waals surface area (Å²) in [5.74, 6) is 0.102. The summed E-state index contributed by atoms with van der Waals surface area (Å²) in [5, 5.41) is 8.83. The summed E-state index contributed by atoms with van der Waals surface area (Å²) in [6.45, 7) is 0.586. The lowest BCUT2D eigenvalue weighted by molar-refractivity contribution is -0.121. The van der Waals surface area contributed by atoms with Gasteiger partial charge >= 0.3 is 0 Å². The van der Waals surface area contributed by atoms with Crippen LogP contribution < -0.4 is 10.6 Å². The molecule has 28 heavy (non-hydrogen) atoms. The molecule has 1 aliphatic heterocycles. The van der Waals surface area contributed by atoms with Crippen molar-refractivity contribution in [2.24, 2.45) is 0 Å². The zero-order valence-corrected chi connectivity index (χ0v) is 16.2. The minimum absolute atomic E-state index is 0.0362. The molecule has 1 aliphatic rings. The summed E-state index contributed by atoms with van der Waals surface area (Å²) < 4.78 is 0. The van der Waals surface area contributed by atoms with Crippen molar-refractivity contribution >= 4 is 28.8 Å². The summed E-state index contributed by atoms with van der Waals surface area (Å²) in [4.78, 5) is 28.2. The quantitative estimate of drug-likeness (QED) is 0.646. The van der Waals surface area contributed by atoms with Crippen molar-refractivity contribution in [2.75, 3.05) is 11.9 Å². The van der Waals surface area contributed by atoms with Crippen molar-refractivity contribution in [3.05, 3.63) is 70.0 Å². The van der Waals surface area contributed by atoms with E-state index in [4.69, 9.17) is 0 Å². The Hall–Kier alpha value is -2.99. The summed E-state index contributed by atoms with van der Waals surface area (Å²) >= 11 is 1.60. The Balaban J connectivity index is 1.27. The van der Waals surface area contributed by atoms with Crippen molar-refractivity contribution in [3.8, 4) is 11.3 Å². The fraction of sp³-hybridized carbons (Fsp3) is 0.227. The standard InChI is InChI=1S/C22H21N3O2S/c26-20(9-6-15-4-2-1-3-5-15)23-11-10-22-25-19(14-28-22)16-7-8-18-17(12-16)13-21(27)24-18/h1-5,7-8,12,14H,6,9-11,13H2,(H,23,26)(H,24,27). The van der Waals surface area contributed by atoms with Gasteiger partial charge in [-0.05, 0) is 29.7 Å². The van der Waals surface area contributed by atoms with Gasteiger partial charge in [0.1, 0.15) is 0 Å². The van der Waals surface area contributed by atoms with E-state index >= 15 is 0 Å². The van der Waals surface area contributed by atoms with Crippen LogP contribution in [0.2, 0.25) is 0 Å². The van der Waals surface area contributed by atoms with Crippen LogP contribution in [0.4, 0.5) is 5.69 Å². The average Bonchev–Trinajstić information content (AvgIpc) is 3.32. The highest BCUT2D eigenvalue weighted by atomic mass is 32.1. The molecule has 2 aromatic carbocycles. The minimum atomic E-state index is 0.0362. The largest absolute Gasteiger partial charge is 0.356 e. The summed E-state index contributed by atoms with van der Waals surface area (Å²) in [7, 11) is 0. The van der Waals surface area contributed by atoms with E-state index in [0.717, 1.165) is 33.9 Å². The highest BCUT2D eigenvalue weighted by molar-refractivity contribution is 7.09. The number of carbonyl (C=O) groups excluding carboxylic acids is 2. The Bertz CT molecular complexity index is 998. The van der Waals surface area contributed by atoms with E-state index in [1.54, 1.807) is 11.3 Å². The van der Waals surface area contributed by atoms with Crippen LogP contribution in [0.3, 0.4) is 0 Å². The summed E-state index contributed by atoms with van der Waals surface area (Å²) in [5.41, 5.74) is 5.01. The third-order valence-electron chi connectivity index (χ3n) is 4.72. The van der Waals surface area contributed by atoms with Crippen LogP contribution in [0.15, 0.2) is 53.9 Å². The van der Waals surface area contributed by atoms with Crippen LogP contribution in [-0.4, -0.2) is 23.3 Å². The van der Waals surface area contributed by atoms with E-state index in [1.165, 1.54) is 5.56 Å². The van der Waals surface area contributed by atoms with Crippen LogP contribution in [-0.2, 0) is 28.9 Å². The Morgan fingerprint density at radius 1 is 1.14 bits per heavy atom. The molecule has 2 heterocycles. The number of rotatable bonds is 7. The Morgan fingerprint density at radius 2 is 2.00 bits per heavy atom. The van der Waals surface area contributed by atoms with Gasteiger partial charge in [0.25, 0.3) is 0 Å². The lowest BCUT2D eigenvalue weighted by Gasteiger charge is -2.04. The number of hydrogen-bond acceptors (Lipinski definition) is 4. The molecule has 2 amide bonds. The second-order valence-corrected chi connectivity index (χ2v) is 7.75. The SMILES string of the molecule is O=C(CCc1ccccc1)NCCc1nc(-c2ccc3c(c2)CC(=O)N3)cs1. The number of benzene rings is 2. The molecule has 142 valence electrons. The third kappa shape index (κ3) is 4.46. The van der Waals surface area contributed by atoms with Gasteiger partial charge < -0.3 is 10.6 Å². The number of nitrogens with zero attached hydrogens (tertiary/aromatic N) is 1. The van der Waals surface area contributed by atoms with Gasteiger partial charge in [-0.25, -0.2) is 4.98 Å². The Kier molecular flexibility index (Phi) is 5.48. The van der Waals surface area contributed by atoms with Gasteiger partial charge in [0, 0.05) is 36.0 Å². The Morgan fingerprint density at radius 3 is 2.86 bits per heavy atom. The van der Waals surface area contributed by atoms with Crippen LogP contribution in [0.5, 0.6) is 0 Å². The highest BCUT2D eigenvalue weighted by Gasteiger charge is 2.18. The zero-order chi connectivity index (χ0) is 19.3. The molecule has 2 N–H and O–H groups in total. The number of carbonyl (C=O) groups is 2. The smallest absolute Gasteiger partial charge is 0.228 e. The number of nitrogens with one attached hydrogen (secondary N) is 2. The lowest BCUT2D eigenvalue weighted by Crippen LogP contribution is -2.25. The van der Waals surface area contributed by atoms with E-state index < -0.39 is 0 Å². The number of anilines is 1. The van der Waals surface area contributed by atoms with Crippen LogP contribution in [0, 0.1) is 0 Å². The van der Waals surface area contributed by atoms with Gasteiger partial charge in [-0.3, -0.25) is 9.59 Å². The van der Waals surface area contributed by atoms with Crippen LogP contribution >= 0.6 is 11.3 Å². The van der Waals surface area contributed by atoms with Gasteiger partial charge in [-0.1, -0.05) is 36.4 Å². The molecule has 0 saturated heterocycles. The number of hydrogen-bond donors (Lipinski definition) is 2. The maximum absolute atomic E-state index is 12.0. The molecule has 0 atom stereocenters. The maximum atomic E-state index is 12.0. The van der Waals surface area contributed by atoms with Crippen molar-refractivity contribution in [2.45, 2.75) is 25.7 Å². The van der Waals surface area contributed by atoms with Crippen molar-refractivity contribution in [1.82, 2.24) is 10.3 Å². The van der Waals surface area contributed by atoms with Crippen LogP contribution in [0.1, 0.15) is 22.6 Å². The maximum Gasteiger partial charge on any atom is 0.228 e. The van der Waals surface area contributed by atoms with Gasteiger partial charge in [0.2, 0.25) is 11.8 Å². The molecule has 5 nitrogen and oxygen atoms in total. The number of amides is 2. The molecule has 0 aliphatic carbocycles. The lowest BCUT2D eigenvalue weighted by atomic mass is 10.1. The molecule has 3 aromatic rings. The molecular formula is C22H21N3O2S. The molecule has 6 heteroatoms. The molecule has 0 saturated carbocycles. The molecular weight excluding hydrogens is 370 g/mol. The molecule has 0 unspecified atom stereocenters. The van der Waals surface area contributed by atoms with E-state index in [2.05, 4.69) is 15.6 Å². The molecule has 0 bridgehead atoms. The van der Waals surface area contributed by atoms with Crippen LogP contribution in [0.25, 0.3) is 11.3 Å². The number of fused-ring (bicyclic) bond motifs is 1. The first-order valence-corrected chi connectivity index (χ1v) is 10.2. The van der Waals surface area contributed by atoms with Crippen molar-refractivity contribution in [3.63, 3.8) is 0 Å². The first-order chi connectivity index (χ1) is 13.7. The second-order valence-electron chi connectivity index (χ2n) is 6.81. The predicted octanol–water partition coefficient (Wildman–Crippen LogP) is 3.60. The monoisotopic (exact) mass is 391 g/mol. The summed E-state index contributed by atoms with van der Waals surface area (Å²) in [6.07, 6.45) is 2.39. The van der Waals surface area contributed by atoms with Gasteiger partial charge in [-0.15, -0.1) is 11.3 Å². The minimum Gasteiger partial charge on any atom is -0.356 e. The first kappa shape index (κ1) is 18.4. The Labute approximate surface area is 167 Å². The molecule has 1 aromatic heterocycles. The van der Waals surface area contributed by atoms with E-state index in [0.29, 0.717) is 25.8 Å². The number of thiazole rings is 1. The van der Waals surface area contributed by atoms with Gasteiger partial charge in [0.15, 0.2) is 0 Å². The normalized spacial score (nSPS) is 12.5. The fourth-order valence-electron chi connectivity index (χ4n) is 3.25. The van der Waals surface area contributed by atoms with E-state index in [9.17, 15) is 9.59 Å². The van der Waals surface area contributed by atoms with Gasteiger partial charge in [0.05, 0.1) is 17.1 Å². The fourth-order valence-corrected chi connectivity index (χ4v) is 4.05. The molecule has 0 radical (unpaired) electrons. The predicted molar refractivity (Wildman–Crippen MR) is 111 cm³/mol. The topological polar surface area (TPSA) is 71.1 Å². The van der Waals surface area contributed by atoms with Crippen molar-refractivity contribution in [1.29, 1.82) is 0 Å². The zero-order valence-electron chi connectivity index (χ0n) is 15.4. The molecule has 4 rings (SSSR count). The van der Waals surface area contributed by atoms with E-state index in [-0.39, 0.29) is 11.8 Å². The first-order valence-electron chi connectivity index (χ1n) is 9.35. The molecule has 0 spiro atoms. The average molecular weight is 391 g/mol. The second kappa shape index (κ2) is 8.35. The number of aromatic nitrogens is 1.